The smallest absolute Gasteiger partial charge is 0.854 e. The van der Waals surface area contributed by atoms with Crippen molar-refractivity contribution >= 4 is 0 Å². The molecule has 54 valence electrons. The fourth-order valence-corrected chi connectivity index (χ4v) is 0.299. The van der Waals surface area contributed by atoms with E-state index in [0.29, 0.717) is 13.1 Å². The maximum absolute atomic E-state index is 9.70. The Balaban J connectivity index is 0. The summed E-state index contributed by atoms with van der Waals surface area (Å²) in [5.74, 6) is 0. The van der Waals surface area contributed by atoms with E-state index in [1.807, 2.05) is 0 Å². The molecule has 0 aromatic heterocycles. The summed E-state index contributed by atoms with van der Waals surface area (Å²) in [7, 11) is 0. The Hall–Kier alpha value is 0.399. The summed E-state index contributed by atoms with van der Waals surface area (Å²) in [5, 5.41) is 12.5. The maximum atomic E-state index is 9.70. The molecular weight excluding hydrogens is 156 g/mol. The molecule has 0 amide bonds. The molecule has 0 aliphatic carbocycles. The number of nitrogens with one attached hydrogen (secondary N) is 1. The van der Waals surface area contributed by atoms with Crippen LogP contribution in [0.5, 0.6) is 0 Å². The van der Waals surface area contributed by atoms with Gasteiger partial charge in [-0.15, -0.1) is 6.61 Å². The number of hydrogen-bond acceptors (Lipinski definition) is 3. The molecule has 0 rings (SSSR count). The fraction of sp³-hybridized carbons (Fsp3) is 1.00. The second-order valence-corrected chi connectivity index (χ2v) is 1.24. The van der Waals surface area contributed by atoms with E-state index in [9.17, 15) is 5.11 Å². The maximum Gasteiger partial charge on any atom is 1.00 e. The van der Waals surface area contributed by atoms with Gasteiger partial charge in [0, 0.05) is 13.1 Å². The molecule has 3 nitrogen and oxygen atoms in total. The van der Waals surface area contributed by atoms with Gasteiger partial charge in [-0.1, -0.05) is 0 Å². The van der Waals surface area contributed by atoms with Crippen molar-refractivity contribution in [2.24, 2.45) is 5.73 Å². The Kier molecular flexibility index (Phi) is 14.6. The first-order chi connectivity index (χ1) is 3.41. The van der Waals surface area contributed by atoms with Crippen molar-refractivity contribution in [3.63, 3.8) is 0 Å². The zero-order chi connectivity index (χ0) is 5.54. The molecular formula is C4H11CuN2O. The van der Waals surface area contributed by atoms with E-state index in [1.165, 1.54) is 0 Å². The molecule has 0 aromatic carbocycles. The van der Waals surface area contributed by atoms with E-state index < -0.39 is 0 Å². The van der Waals surface area contributed by atoms with Crippen LogP contribution in [0.1, 0.15) is 0 Å². The van der Waals surface area contributed by atoms with Crippen LogP contribution in [0.3, 0.4) is 0 Å². The van der Waals surface area contributed by atoms with Gasteiger partial charge < -0.3 is 16.2 Å². The minimum Gasteiger partial charge on any atom is -0.854 e. The minimum atomic E-state index is -0.0556. The number of nitrogens with two attached hydrogens (primary N) is 1. The first kappa shape index (κ1) is 11.2. The Morgan fingerprint density at radius 2 is 2.00 bits per heavy atom. The van der Waals surface area contributed by atoms with E-state index in [0.717, 1.165) is 6.54 Å². The van der Waals surface area contributed by atoms with Crippen LogP contribution in [0.4, 0.5) is 0 Å². The molecule has 0 aromatic rings. The third-order valence-corrected chi connectivity index (χ3v) is 0.600. The summed E-state index contributed by atoms with van der Waals surface area (Å²) in [6.07, 6.45) is 0. The SMILES string of the molecule is NCCNCC[O-].[Cu+]. The average Bonchev–Trinajstić information content (AvgIpc) is 1.69. The Morgan fingerprint density at radius 1 is 1.38 bits per heavy atom. The van der Waals surface area contributed by atoms with E-state index in [2.05, 4.69) is 5.32 Å². The Morgan fingerprint density at radius 3 is 2.38 bits per heavy atom. The molecule has 0 unspecified atom stereocenters. The summed E-state index contributed by atoms with van der Waals surface area (Å²) >= 11 is 0. The monoisotopic (exact) mass is 166 g/mol. The quantitative estimate of drug-likeness (QED) is 0.372. The van der Waals surface area contributed by atoms with Crippen molar-refractivity contribution < 1.29 is 22.2 Å². The van der Waals surface area contributed by atoms with Crippen LogP contribution in [0.2, 0.25) is 0 Å². The molecule has 4 heteroatoms. The number of rotatable bonds is 4. The summed E-state index contributed by atoms with van der Waals surface area (Å²) in [6.45, 7) is 1.85. The summed E-state index contributed by atoms with van der Waals surface area (Å²) in [6, 6.07) is 0. The van der Waals surface area contributed by atoms with Crippen LogP contribution >= 0.6 is 0 Å². The molecule has 0 radical (unpaired) electrons. The van der Waals surface area contributed by atoms with Gasteiger partial charge in [0.2, 0.25) is 0 Å². The molecule has 3 N–H and O–H groups in total. The van der Waals surface area contributed by atoms with Gasteiger partial charge >= 0.3 is 17.1 Å². The van der Waals surface area contributed by atoms with Gasteiger partial charge in [-0.3, -0.25) is 0 Å². The Labute approximate surface area is 60.1 Å². The van der Waals surface area contributed by atoms with Gasteiger partial charge in [-0.2, -0.15) is 0 Å². The zero-order valence-electron chi connectivity index (χ0n) is 4.62. The van der Waals surface area contributed by atoms with Gasteiger partial charge in [0.05, 0.1) is 0 Å². The van der Waals surface area contributed by atoms with Crippen LogP contribution in [-0.4, -0.2) is 26.2 Å². The largest absolute Gasteiger partial charge is 1.00 e. The van der Waals surface area contributed by atoms with E-state index in [1.54, 1.807) is 0 Å². The molecule has 0 fully saturated rings. The summed E-state index contributed by atoms with van der Waals surface area (Å²) in [4.78, 5) is 0. The Bertz CT molecular complexity index is 33.2. The standard InChI is InChI=1S/C4H11N2O.Cu/c5-1-2-6-3-4-7;/h6H,1-5H2;/q-1;+1. The normalized spacial score (nSPS) is 8.25. The van der Waals surface area contributed by atoms with E-state index in [-0.39, 0.29) is 23.7 Å². The van der Waals surface area contributed by atoms with Gasteiger partial charge in [0.1, 0.15) is 0 Å². The average molecular weight is 167 g/mol. The van der Waals surface area contributed by atoms with Crippen LogP contribution in [0.25, 0.3) is 0 Å². The van der Waals surface area contributed by atoms with Crippen LogP contribution in [0.15, 0.2) is 0 Å². The van der Waals surface area contributed by atoms with Crippen molar-refractivity contribution in [2.75, 3.05) is 26.2 Å². The second kappa shape index (κ2) is 10.4. The van der Waals surface area contributed by atoms with Gasteiger partial charge in [-0.25, -0.2) is 0 Å². The van der Waals surface area contributed by atoms with Crippen LogP contribution in [0, 0.1) is 0 Å². The zero-order valence-corrected chi connectivity index (χ0v) is 5.56. The molecule has 0 spiro atoms. The predicted octanol–water partition coefficient (Wildman–Crippen LogP) is -2.11. The van der Waals surface area contributed by atoms with Crippen molar-refractivity contribution in [1.82, 2.24) is 5.32 Å². The molecule has 0 aliphatic rings. The summed E-state index contributed by atoms with van der Waals surface area (Å²) < 4.78 is 0. The van der Waals surface area contributed by atoms with Crippen LogP contribution in [-0.2, 0) is 17.1 Å². The topological polar surface area (TPSA) is 61.1 Å². The number of hydrogen-bond donors (Lipinski definition) is 2. The molecule has 0 atom stereocenters. The van der Waals surface area contributed by atoms with Crippen molar-refractivity contribution in [1.29, 1.82) is 0 Å². The minimum absolute atomic E-state index is 0. The predicted molar refractivity (Wildman–Crippen MR) is 26.8 cm³/mol. The second-order valence-electron chi connectivity index (χ2n) is 1.24. The molecule has 0 aliphatic heterocycles. The molecule has 8 heavy (non-hydrogen) atoms. The summed E-state index contributed by atoms with van der Waals surface area (Å²) in [5.41, 5.74) is 5.10. The van der Waals surface area contributed by atoms with Crippen molar-refractivity contribution in [3.05, 3.63) is 0 Å². The third-order valence-electron chi connectivity index (χ3n) is 0.600. The fourth-order valence-electron chi connectivity index (χ4n) is 0.299. The van der Waals surface area contributed by atoms with Crippen LogP contribution < -0.4 is 16.2 Å². The van der Waals surface area contributed by atoms with Crippen molar-refractivity contribution in [3.8, 4) is 0 Å². The third kappa shape index (κ3) is 9.64. The van der Waals surface area contributed by atoms with Gasteiger partial charge in [-0.05, 0) is 6.54 Å². The first-order valence-corrected chi connectivity index (χ1v) is 2.40. The van der Waals surface area contributed by atoms with Crippen molar-refractivity contribution in [2.45, 2.75) is 0 Å². The molecule has 0 saturated carbocycles. The van der Waals surface area contributed by atoms with E-state index >= 15 is 0 Å². The van der Waals surface area contributed by atoms with E-state index in [4.69, 9.17) is 5.73 Å². The van der Waals surface area contributed by atoms with Gasteiger partial charge in [0.15, 0.2) is 0 Å². The molecule has 0 bridgehead atoms. The molecule has 0 saturated heterocycles. The molecule has 0 heterocycles. The van der Waals surface area contributed by atoms with Gasteiger partial charge in [0.25, 0.3) is 0 Å². The first-order valence-electron chi connectivity index (χ1n) is 2.40.